The summed E-state index contributed by atoms with van der Waals surface area (Å²) >= 11 is 6.02. The third-order valence-corrected chi connectivity index (χ3v) is 5.19. The minimum Gasteiger partial charge on any atom is -0.444 e. The van der Waals surface area contributed by atoms with Crippen molar-refractivity contribution < 1.29 is 14.3 Å². The molecule has 2 amide bonds. The van der Waals surface area contributed by atoms with E-state index >= 15 is 0 Å². The maximum absolute atomic E-state index is 12.6. The maximum Gasteiger partial charge on any atom is 0.410 e. The second kappa shape index (κ2) is 8.22. The molecule has 1 aliphatic heterocycles. The fourth-order valence-corrected chi connectivity index (χ4v) is 3.68. The molecule has 3 heterocycles. The van der Waals surface area contributed by atoms with Crippen LogP contribution in [0.3, 0.4) is 0 Å². The largest absolute Gasteiger partial charge is 0.444 e. The molecule has 3 aromatic rings. The number of hydrogen-bond acceptors (Lipinski definition) is 5. The van der Waals surface area contributed by atoms with Gasteiger partial charge in [-0.3, -0.25) is 4.79 Å². The Morgan fingerprint density at radius 3 is 2.84 bits per heavy atom. The molecule has 2 N–H and O–H groups in total. The number of amides is 2. The zero-order chi connectivity index (χ0) is 22.2. The zero-order valence-electron chi connectivity index (χ0n) is 17.7. The van der Waals surface area contributed by atoms with Gasteiger partial charge in [-0.1, -0.05) is 16.8 Å². The number of nitrogens with zero attached hydrogens (tertiary/aromatic N) is 4. The summed E-state index contributed by atoms with van der Waals surface area (Å²) in [5.41, 5.74) is 2.13. The van der Waals surface area contributed by atoms with Crippen LogP contribution in [0.4, 0.5) is 4.79 Å². The van der Waals surface area contributed by atoms with Crippen LogP contribution in [-0.4, -0.2) is 49.0 Å². The van der Waals surface area contributed by atoms with E-state index in [9.17, 15) is 9.59 Å². The van der Waals surface area contributed by atoms with Crippen molar-refractivity contribution in [2.75, 3.05) is 6.54 Å². The molecule has 0 bridgehead atoms. The van der Waals surface area contributed by atoms with E-state index in [2.05, 4.69) is 20.6 Å². The molecule has 9 nitrogen and oxygen atoms in total. The van der Waals surface area contributed by atoms with Crippen molar-refractivity contribution in [2.45, 2.75) is 52.4 Å². The average Bonchev–Trinajstić information content (AvgIpc) is 3.21. The molecule has 0 saturated carbocycles. The van der Waals surface area contributed by atoms with Crippen LogP contribution in [0.5, 0.6) is 0 Å². The van der Waals surface area contributed by atoms with Gasteiger partial charge in [0, 0.05) is 29.0 Å². The summed E-state index contributed by atoms with van der Waals surface area (Å²) < 4.78 is 7.30. The van der Waals surface area contributed by atoms with Crippen LogP contribution >= 0.6 is 11.6 Å². The molecule has 0 atom stereocenters. The van der Waals surface area contributed by atoms with Crippen molar-refractivity contribution in [1.29, 1.82) is 0 Å². The lowest BCUT2D eigenvalue weighted by atomic mass is 10.2. The quantitative estimate of drug-likeness (QED) is 0.643. The van der Waals surface area contributed by atoms with Crippen LogP contribution in [0.15, 0.2) is 24.3 Å². The second-order valence-corrected chi connectivity index (χ2v) is 9.00. The van der Waals surface area contributed by atoms with Crippen LogP contribution < -0.4 is 5.32 Å². The Balaban J connectivity index is 1.46. The molecule has 0 unspecified atom stereocenters. The topological polar surface area (TPSA) is 105 Å². The molecule has 164 valence electrons. The Morgan fingerprint density at radius 2 is 2.06 bits per heavy atom. The molecule has 0 fully saturated rings. The molecule has 1 aromatic carbocycles. The monoisotopic (exact) mass is 444 g/mol. The third-order valence-electron chi connectivity index (χ3n) is 4.95. The summed E-state index contributed by atoms with van der Waals surface area (Å²) in [6.07, 6.45) is 0.382. The van der Waals surface area contributed by atoms with E-state index in [0.717, 1.165) is 23.0 Å². The normalized spacial score (nSPS) is 14.3. The molecule has 0 saturated heterocycles. The standard InChI is InChI=1S/C21H25ClN6O3/c1-21(2,3)31-20(30)27-7-4-8-28-18(12-27)17(25-26-28)11-23-19(29)16-10-13-9-14(22)5-6-15(13)24-16/h5-6,9-10,24H,4,7-8,11-12H2,1-3H3,(H,23,29). The molecule has 31 heavy (non-hydrogen) atoms. The van der Waals surface area contributed by atoms with Gasteiger partial charge in [0.25, 0.3) is 5.91 Å². The van der Waals surface area contributed by atoms with Gasteiger partial charge in [-0.2, -0.15) is 0 Å². The highest BCUT2D eigenvalue weighted by Crippen LogP contribution is 2.21. The molecule has 4 rings (SSSR count). The van der Waals surface area contributed by atoms with Crippen molar-refractivity contribution in [3.8, 4) is 0 Å². The first kappa shape index (κ1) is 21.2. The van der Waals surface area contributed by atoms with E-state index in [1.54, 1.807) is 27.8 Å². The van der Waals surface area contributed by atoms with Crippen molar-refractivity contribution in [3.63, 3.8) is 0 Å². The first-order valence-electron chi connectivity index (χ1n) is 10.2. The van der Waals surface area contributed by atoms with Gasteiger partial charge in [-0.25, -0.2) is 9.48 Å². The Kier molecular flexibility index (Phi) is 5.62. The summed E-state index contributed by atoms with van der Waals surface area (Å²) in [6, 6.07) is 7.16. The van der Waals surface area contributed by atoms with Gasteiger partial charge < -0.3 is 19.9 Å². The van der Waals surface area contributed by atoms with Crippen LogP contribution in [0.2, 0.25) is 5.02 Å². The van der Waals surface area contributed by atoms with Gasteiger partial charge in [-0.05, 0) is 51.5 Å². The van der Waals surface area contributed by atoms with Crippen molar-refractivity contribution in [1.82, 2.24) is 30.2 Å². The predicted octanol–water partition coefficient (Wildman–Crippen LogP) is 3.48. The number of nitrogens with one attached hydrogen (secondary N) is 2. The summed E-state index contributed by atoms with van der Waals surface area (Å²) in [7, 11) is 0. The minimum absolute atomic E-state index is 0.201. The van der Waals surface area contributed by atoms with E-state index in [0.29, 0.717) is 36.0 Å². The van der Waals surface area contributed by atoms with Gasteiger partial charge in [0.05, 0.1) is 18.8 Å². The molecule has 0 spiro atoms. The maximum atomic E-state index is 12.6. The Morgan fingerprint density at radius 1 is 1.26 bits per heavy atom. The number of benzene rings is 1. The summed E-state index contributed by atoms with van der Waals surface area (Å²) in [5.74, 6) is -0.258. The number of hydrogen-bond donors (Lipinski definition) is 2. The number of carbonyl (C=O) groups excluding carboxylic acids is 2. The third kappa shape index (κ3) is 4.82. The fraction of sp³-hybridized carbons (Fsp3) is 0.429. The lowest BCUT2D eigenvalue weighted by Gasteiger charge is -2.26. The van der Waals surface area contributed by atoms with Crippen LogP contribution in [0.25, 0.3) is 10.9 Å². The first-order valence-corrected chi connectivity index (χ1v) is 10.5. The highest BCUT2D eigenvalue weighted by atomic mass is 35.5. The molecule has 10 heteroatoms. The van der Waals surface area contributed by atoms with E-state index in [4.69, 9.17) is 16.3 Å². The average molecular weight is 445 g/mol. The molecular weight excluding hydrogens is 420 g/mol. The van der Waals surface area contributed by atoms with Crippen molar-refractivity contribution in [2.24, 2.45) is 0 Å². The van der Waals surface area contributed by atoms with Gasteiger partial charge >= 0.3 is 6.09 Å². The van der Waals surface area contributed by atoms with Crippen LogP contribution in [0, 0.1) is 0 Å². The zero-order valence-corrected chi connectivity index (χ0v) is 18.5. The molecule has 0 aliphatic carbocycles. The summed E-state index contributed by atoms with van der Waals surface area (Å²) in [4.78, 5) is 29.9. The number of aryl methyl sites for hydroxylation is 1. The molecule has 1 aliphatic rings. The Labute approximate surface area is 184 Å². The lowest BCUT2D eigenvalue weighted by Crippen LogP contribution is -2.36. The fourth-order valence-electron chi connectivity index (χ4n) is 3.50. The summed E-state index contributed by atoms with van der Waals surface area (Å²) in [5, 5.41) is 12.8. The number of aromatic nitrogens is 4. The number of aromatic amines is 1. The Bertz CT molecular complexity index is 1130. The van der Waals surface area contributed by atoms with Gasteiger partial charge in [-0.15, -0.1) is 5.10 Å². The smallest absolute Gasteiger partial charge is 0.410 e. The number of halogens is 1. The SMILES string of the molecule is CC(C)(C)OC(=O)N1CCCn2nnc(CNC(=O)c3cc4cc(Cl)ccc4[nH]3)c2C1. The number of H-pyrrole nitrogens is 1. The molecule has 2 aromatic heterocycles. The second-order valence-electron chi connectivity index (χ2n) is 8.56. The first-order chi connectivity index (χ1) is 14.7. The highest BCUT2D eigenvalue weighted by Gasteiger charge is 2.27. The lowest BCUT2D eigenvalue weighted by molar-refractivity contribution is 0.0236. The van der Waals surface area contributed by atoms with Crippen molar-refractivity contribution >= 4 is 34.5 Å². The van der Waals surface area contributed by atoms with Crippen molar-refractivity contribution in [3.05, 3.63) is 46.4 Å². The van der Waals surface area contributed by atoms with Gasteiger partial charge in [0.15, 0.2) is 0 Å². The van der Waals surface area contributed by atoms with E-state index < -0.39 is 5.60 Å². The van der Waals surface area contributed by atoms with Gasteiger partial charge in [0.2, 0.25) is 0 Å². The number of carbonyl (C=O) groups is 2. The summed E-state index contributed by atoms with van der Waals surface area (Å²) in [6.45, 7) is 7.28. The van der Waals surface area contributed by atoms with Crippen LogP contribution in [-0.2, 0) is 24.4 Å². The van der Waals surface area contributed by atoms with E-state index in [-0.39, 0.29) is 18.5 Å². The highest BCUT2D eigenvalue weighted by molar-refractivity contribution is 6.31. The molecule has 0 radical (unpaired) electrons. The predicted molar refractivity (Wildman–Crippen MR) is 116 cm³/mol. The van der Waals surface area contributed by atoms with E-state index in [1.165, 1.54) is 0 Å². The molecular formula is C21H25ClN6O3. The Hall–Kier alpha value is -3.07. The number of rotatable bonds is 3. The van der Waals surface area contributed by atoms with E-state index in [1.807, 2.05) is 26.8 Å². The number of fused-ring (bicyclic) bond motifs is 2. The minimum atomic E-state index is -0.567. The number of ether oxygens (including phenoxy) is 1. The van der Waals surface area contributed by atoms with Crippen LogP contribution in [0.1, 0.15) is 49.1 Å². The van der Waals surface area contributed by atoms with Gasteiger partial charge in [0.1, 0.15) is 17.0 Å².